The van der Waals surface area contributed by atoms with Crippen molar-refractivity contribution in [3.63, 3.8) is 0 Å². The summed E-state index contributed by atoms with van der Waals surface area (Å²) in [6, 6.07) is 0.571. The van der Waals surface area contributed by atoms with E-state index in [-0.39, 0.29) is 12.0 Å². The van der Waals surface area contributed by atoms with Crippen molar-refractivity contribution in [3.05, 3.63) is 15.6 Å². The van der Waals surface area contributed by atoms with Crippen LogP contribution < -0.4 is 5.73 Å². The molecule has 4 nitrogen and oxygen atoms in total. The van der Waals surface area contributed by atoms with Crippen LogP contribution in [0, 0.1) is 24.7 Å². The number of nitrogens with two attached hydrogens (primary N) is 1. The average molecular weight is 348 g/mol. The molecule has 4 rings (SSSR count). The Kier molecular flexibility index (Phi) is 4.42. The molecule has 3 aliphatic rings. The highest BCUT2D eigenvalue weighted by Crippen LogP contribution is 2.44. The quantitative estimate of drug-likeness (QED) is 0.891. The van der Waals surface area contributed by atoms with Crippen molar-refractivity contribution in [1.82, 2.24) is 9.88 Å². The minimum atomic E-state index is 0.185. The third-order valence-electron chi connectivity index (χ3n) is 6.61. The summed E-state index contributed by atoms with van der Waals surface area (Å²) in [5.41, 5.74) is 7.63. The summed E-state index contributed by atoms with van der Waals surface area (Å²) in [6.45, 7) is 2.07. The zero-order chi connectivity index (χ0) is 16.8. The predicted octanol–water partition coefficient (Wildman–Crippen LogP) is 3.44. The zero-order valence-electron chi connectivity index (χ0n) is 14.8. The van der Waals surface area contributed by atoms with E-state index in [1.807, 2.05) is 11.9 Å². The molecule has 3 atom stereocenters. The van der Waals surface area contributed by atoms with Gasteiger partial charge >= 0.3 is 0 Å². The van der Waals surface area contributed by atoms with Crippen LogP contribution in [0.2, 0.25) is 0 Å². The molecule has 24 heavy (non-hydrogen) atoms. The maximum atomic E-state index is 13.2. The van der Waals surface area contributed by atoms with Crippen molar-refractivity contribution < 1.29 is 4.79 Å². The van der Waals surface area contributed by atoms with Crippen LogP contribution >= 0.6 is 11.3 Å². The van der Waals surface area contributed by atoms with Gasteiger partial charge in [-0.25, -0.2) is 4.98 Å². The van der Waals surface area contributed by atoms with Gasteiger partial charge in [0, 0.05) is 19.0 Å². The van der Waals surface area contributed by atoms with E-state index in [9.17, 15) is 4.79 Å². The monoisotopic (exact) mass is 347 g/mol. The fraction of sp³-hybridized carbons (Fsp3) is 0.789. The van der Waals surface area contributed by atoms with Crippen molar-refractivity contribution in [2.75, 3.05) is 7.05 Å². The Morgan fingerprint density at radius 3 is 2.62 bits per heavy atom. The smallest absolute Gasteiger partial charge is 0.225 e. The molecule has 3 aliphatic carbocycles. The van der Waals surface area contributed by atoms with E-state index in [4.69, 9.17) is 5.73 Å². The van der Waals surface area contributed by atoms with E-state index in [0.717, 1.165) is 37.1 Å². The molecule has 2 saturated carbocycles. The molecule has 1 heterocycles. The third kappa shape index (κ3) is 2.80. The van der Waals surface area contributed by atoms with Gasteiger partial charge in [0.2, 0.25) is 5.91 Å². The molecule has 1 amide bonds. The lowest BCUT2D eigenvalue weighted by molar-refractivity contribution is -0.139. The second kappa shape index (κ2) is 6.41. The van der Waals surface area contributed by atoms with Crippen LogP contribution in [0.25, 0.3) is 0 Å². The molecular weight excluding hydrogens is 318 g/mol. The van der Waals surface area contributed by atoms with Crippen LogP contribution in [-0.4, -0.2) is 28.9 Å². The topological polar surface area (TPSA) is 59.2 Å². The number of carbonyl (C=O) groups is 1. The molecule has 0 aromatic carbocycles. The van der Waals surface area contributed by atoms with Crippen molar-refractivity contribution in [2.45, 2.75) is 70.4 Å². The summed E-state index contributed by atoms with van der Waals surface area (Å²) >= 11 is 1.78. The Bertz CT molecular complexity index is 614. The Labute approximate surface area is 148 Å². The fourth-order valence-electron chi connectivity index (χ4n) is 5.32. The molecule has 132 valence electrons. The highest BCUT2D eigenvalue weighted by atomic mass is 32.1. The van der Waals surface area contributed by atoms with Gasteiger partial charge in [-0.05, 0) is 63.7 Å². The van der Waals surface area contributed by atoms with Crippen molar-refractivity contribution in [1.29, 1.82) is 0 Å². The largest absolute Gasteiger partial charge is 0.338 e. The average Bonchev–Trinajstić information content (AvgIpc) is 2.93. The summed E-state index contributed by atoms with van der Waals surface area (Å²) in [5, 5.41) is 1.13. The predicted molar refractivity (Wildman–Crippen MR) is 96.8 cm³/mol. The van der Waals surface area contributed by atoms with E-state index in [2.05, 4.69) is 11.9 Å². The number of hydrogen-bond acceptors (Lipinski definition) is 4. The Hall–Kier alpha value is -0.940. The lowest BCUT2D eigenvalue weighted by Crippen LogP contribution is -2.49. The molecule has 0 spiro atoms. The van der Waals surface area contributed by atoms with Gasteiger partial charge in [-0.1, -0.05) is 6.42 Å². The Balaban J connectivity index is 1.51. The molecule has 1 aromatic rings. The van der Waals surface area contributed by atoms with Gasteiger partial charge in [0.25, 0.3) is 0 Å². The summed E-state index contributed by atoms with van der Waals surface area (Å²) in [4.78, 5) is 21.3. The first-order chi connectivity index (χ1) is 11.5. The highest BCUT2D eigenvalue weighted by Gasteiger charge is 2.42. The van der Waals surface area contributed by atoms with Crippen LogP contribution in [0.1, 0.15) is 66.6 Å². The van der Waals surface area contributed by atoms with E-state index >= 15 is 0 Å². The molecule has 2 N–H and O–H groups in total. The van der Waals surface area contributed by atoms with Gasteiger partial charge in [-0.3, -0.25) is 4.79 Å². The molecular formula is C19H29N3OS. The summed E-state index contributed by atoms with van der Waals surface area (Å²) in [7, 11) is 2.02. The van der Waals surface area contributed by atoms with Crippen LogP contribution in [0.5, 0.6) is 0 Å². The molecule has 0 radical (unpaired) electrons. The Morgan fingerprint density at radius 2 is 1.92 bits per heavy atom. The molecule has 3 unspecified atom stereocenters. The summed E-state index contributed by atoms with van der Waals surface area (Å²) < 4.78 is 0. The van der Waals surface area contributed by atoms with Gasteiger partial charge < -0.3 is 10.6 Å². The van der Waals surface area contributed by atoms with Crippen LogP contribution in [0.15, 0.2) is 0 Å². The van der Waals surface area contributed by atoms with Crippen LogP contribution in [0.4, 0.5) is 0 Å². The normalized spacial score (nSPS) is 35.4. The number of carbonyl (C=O) groups excluding carboxylic acids is 1. The van der Waals surface area contributed by atoms with Gasteiger partial charge in [0.05, 0.1) is 21.6 Å². The van der Waals surface area contributed by atoms with Crippen molar-refractivity contribution in [3.8, 4) is 0 Å². The van der Waals surface area contributed by atoms with E-state index < -0.39 is 0 Å². The molecule has 2 fully saturated rings. The van der Waals surface area contributed by atoms with E-state index in [1.165, 1.54) is 29.8 Å². The SMILES string of the molecule is Cc1nc2c(s1)C(N(C)C(=O)C1CC3CCCC(C1)C3N)CCC2. The first-order valence-corrected chi connectivity index (χ1v) is 10.3. The minimum Gasteiger partial charge on any atom is -0.338 e. The standard InChI is InChI=1S/C19H29N3OS/c1-11-21-15-7-4-8-16(18(15)24-11)22(2)19(23)14-9-12-5-3-6-13(10-14)17(12)20/h12-14,16-17H,3-10,20H2,1-2H3. The molecule has 5 heteroatoms. The lowest BCUT2D eigenvalue weighted by atomic mass is 9.65. The number of rotatable bonds is 2. The number of aryl methyl sites for hydroxylation is 2. The maximum absolute atomic E-state index is 13.2. The number of thiazole rings is 1. The van der Waals surface area contributed by atoms with Gasteiger partial charge in [0.1, 0.15) is 0 Å². The van der Waals surface area contributed by atoms with Gasteiger partial charge in [-0.15, -0.1) is 11.3 Å². The van der Waals surface area contributed by atoms with Gasteiger partial charge in [0.15, 0.2) is 0 Å². The molecule has 1 aromatic heterocycles. The van der Waals surface area contributed by atoms with Gasteiger partial charge in [-0.2, -0.15) is 0 Å². The van der Waals surface area contributed by atoms with Crippen molar-refractivity contribution >= 4 is 17.2 Å². The van der Waals surface area contributed by atoms with E-state index in [0.29, 0.717) is 23.8 Å². The van der Waals surface area contributed by atoms with Crippen molar-refractivity contribution in [2.24, 2.45) is 23.5 Å². The number of aromatic nitrogens is 1. The number of fused-ring (bicyclic) bond motifs is 3. The first-order valence-electron chi connectivity index (χ1n) is 9.53. The molecule has 2 bridgehead atoms. The number of amides is 1. The number of hydrogen-bond donors (Lipinski definition) is 1. The fourth-order valence-corrected chi connectivity index (χ4v) is 6.47. The summed E-state index contributed by atoms with van der Waals surface area (Å²) in [6.07, 6.45) is 9.02. The Morgan fingerprint density at radius 1 is 1.21 bits per heavy atom. The second-order valence-corrected chi connectivity index (χ2v) is 9.33. The number of nitrogens with zero attached hydrogens (tertiary/aromatic N) is 2. The molecule has 0 aliphatic heterocycles. The first kappa shape index (κ1) is 16.5. The maximum Gasteiger partial charge on any atom is 0.225 e. The lowest BCUT2D eigenvalue weighted by Gasteiger charge is -2.45. The summed E-state index contributed by atoms with van der Waals surface area (Å²) in [5.74, 6) is 1.66. The second-order valence-electron chi connectivity index (χ2n) is 8.10. The minimum absolute atomic E-state index is 0.185. The van der Waals surface area contributed by atoms with Crippen LogP contribution in [-0.2, 0) is 11.2 Å². The van der Waals surface area contributed by atoms with E-state index in [1.54, 1.807) is 11.3 Å². The molecule has 0 saturated heterocycles. The zero-order valence-corrected chi connectivity index (χ0v) is 15.6. The highest BCUT2D eigenvalue weighted by molar-refractivity contribution is 7.11. The third-order valence-corrected chi connectivity index (χ3v) is 7.72. The van der Waals surface area contributed by atoms with Crippen LogP contribution in [0.3, 0.4) is 0 Å².